The number of rotatable bonds is 6. The van der Waals surface area contributed by atoms with Crippen LogP contribution in [-0.4, -0.2) is 52.6 Å². The molecule has 10 heteroatoms. The number of aryl methyl sites for hydroxylation is 1. The van der Waals surface area contributed by atoms with E-state index in [-0.39, 0.29) is 0 Å². The molecule has 0 atom stereocenters. The molecule has 0 aliphatic heterocycles. The molecule has 3 aromatic rings. The monoisotopic (exact) mass is 400 g/mol. The Balaban J connectivity index is 1.78. The van der Waals surface area contributed by atoms with E-state index in [2.05, 4.69) is 25.5 Å². The largest absolute Gasteiger partial charge is 0.496 e. The van der Waals surface area contributed by atoms with E-state index in [1.54, 1.807) is 44.4 Å². The summed E-state index contributed by atoms with van der Waals surface area (Å²) in [6, 6.07) is 3.53. The number of ether oxygens (including phenoxy) is 3. The number of hydrogen-bond acceptors (Lipinski definition) is 7. The van der Waals surface area contributed by atoms with Gasteiger partial charge < -0.3 is 14.2 Å². The molecule has 2 heterocycles. The quantitative estimate of drug-likeness (QED) is 0.487. The number of aromatic nitrogens is 5. The van der Waals surface area contributed by atoms with Crippen molar-refractivity contribution < 1.29 is 14.2 Å². The second kappa shape index (κ2) is 7.47. The Morgan fingerprint density at radius 1 is 1.07 bits per heavy atom. The average molecular weight is 400 g/mol. The molecule has 0 bridgehead atoms. The summed E-state index contributed by atoms with van der Waals surface area (Å²) in [7, 11) is 4.74. The highest BCUT2D eigenvalue weighted by atomic mass is 32.1. The predicted molar refractivity (Wildman–Crippen MR) is 106 cm³/mol. The molecule has 0 saturated carbocycles. The molecule has 0 unspecified atom stereocenters. The Labute approximate surface area is 166 Å². The number of H-pyrrole nitrogens is 2. The molecule has 2 aromatic heterocycles. The minimum atomic E-state index is 0.368. The third-order valence-electron chi connectivity index (χ3n) is 4.72. The van der Waals surface area contributed by atoms with Gasteiger partial charge in [0.2, 0.25) is 10.6 Å². The number of fused-ring (bicyclic) bond motifs is 1. The second-order valence-electron chi connectivity index (χ2n) is 6.24. The average Bonchev–Trinajstić information content (AvgIpc) is 3.42. The minimum Gasteiger partial charge on any atom is -0.496 e. The maximum atomic E-state index is 5.47. The zero-order chi connectivity index (χ0) is 19.7. The lowest BCUT2D eigenvalue weighted by Crippen LogP contribution is -2.01. The molecule has 9 nitrogen and oxygen atoms in total. The zero-order valence-corrected chi connectivity index (χ0v) is 16.6. The van der Waals surface area contributed by atoms with Gasteiger partial charge in [0.25, 0.3) is 0 Å². The minimum absolute atomic E-state index is 0.368. The summed E-state index contributed by atoms with van der Waals surface area (Å²) in [4.78, 5) is 0. The van der Waals surface area contributed by atoms with E-state index in [1.807, 2.05) is 0 Å². The summed E-state index contributed by atoms with van der Waals surface area (Å²) in [6.45, 7) is 0. The van der Waals surface area contributed by atoms with Gasteiger partial charge in [0.15, 0.2) is 0 Å². The van der Waals surface area contributed by atoms with Crippen LogP contribution in [0, 0.1) is 4.77 Å². The van der Waals surface area contributed by atoms with Gasteiger partial charge in [0.1, 0.15) is 22.9 Å². The number of benzene rings is 1. The molecule has 0 amide bonds. The van der Waals surface area contributed by atoms with Gasteiger partial charge in [-0.05, 0) is 31.5 Å². The van der Waals surface area contributed by atoms with Crippen molar-refractivity contribution in [1.82, 2.24) is 25.1 Å². The van der Waals surface area contributed by atoms with E-state index in [0.717, 1.165) is 30.7 Å². The summed E-state index contributed by atoms with van der Waals surface area (Å²) < 4.78 is 18.1. The fourth-order valence-electron chi connectivity index (χ4n) is 3.33. The molecule has 1 aromatic carbocycles. The van der Waals surface area contributed by atoms with Crippen LogP contribution in [0.25, 0.3) is 11.5 Å². The lowest BCUT2D eigenvalue weighted by Gasteiger charge is -2.12. The summed E-state index contributed by atoms with van der Waals surface area (Å²) in [5, 5.41) is 19.2. The van der Waals surface area contributed by atoms with Gasteiger partial charge in [-0.3, -0.25) is 5.10 Å². The third-order valence-corrected chi connectivity index (χ3v) is 4.99. The molecule has 1 aliphatic rings. The molecule has 4 rings (SSSR count). The number of nitrogens with one attached hydrogen (secondary N) is 2. The van der Waals surface area contributed by atoms with E-state index in [1.165, 1.54) is 5.56 Å². The fourth-order valence-corrected chi connectivity index (χ4v) is 3.51. The topological polar surface area (TPSA) is 102 Å². The highest BCUT2D eigenvalue weighted by Crippen LogP contribution is 2.33. The molecule has 0 radical (unpaired) electrons. The molecule has 28 heavy (non-hydrogen) atoms. The van der Waals surface area contributed by atoms with Gasteiger partial charge in [-0.15, -0.1) is 0 Å². The summed E-state index contributed by atoms with van der Waals surface area (Å²) in [6.07, 6.45) is 4.69. The summed E-state index contributed by atoms with van der Waals surface area (Å²) in [5.74, 6) is 2.32. The fraction of sp³-hybridized carbons (Fsp3) is 0.333. The molecule has 0 spiro atoms. The van der Waals surface area contributed by atoms with Crippen molar-refractivity contribution in [3.8, 4) is 28.8 Å². The van der Waals surface area contributed by atoms with E-state index in [4.69, 9.17) is 26.4 Å². The van der Waals surface area contributed by atoms with Crippen molar-refractivity contribution in [1.29, 1.82) is 0 Å². The van der Waals surface area contributed by atoms with Crippen molar-refractivity contribution in [3.63, 3.8) is 0 Å². The van der Waals surface area contributed by atoms with Crippen molar-refractivity contribution in [2.24, 2.45) is 5.10 Å². The van der Waals surface area contributed by atoms with E-state index >= 15 is 0 Å². The standard InChI is InChI=1S/C18H20N6O3S/c1-25-10-7-14(26-2)12(15(8-10)27-3)9-19-24-17(22-23-18(24)28)16-11-5-4-6-13(11)20-21-16/h7-9H,4-6H2,1-3H3,(H,20,21)(H,23,28). The van der Waals surface area contributed by atoms with Crippen LogP contribution in [0.3, 0.4) is 0 Å². The number of nitrogens with zero attached hydrogens (tertiary/aromatic N) is 4. The first kappa shape index (κ1) is 18.2. The van der Waals surface area contributed by atoms with Gasteiger partial charge in [-0.2, -0.15) is 20.0 Å². The van der Waals surface area contributed by atoms with Crippen molar-refractivity contribution in [2.75, 3.05) is 21.3 Å². The van der Waals surface area contributed by atoms with Crippen molar-refractivity contribution in [2.45, 2.75) is 19.3 Å². The number of hydrogen-bond donors (Lipinski definition) is 2. The Hall–Kier alpha value is -3.14. The maximum absolute atomic E-state index is 5.47. The predicted octanol–water partition coefficient (Wildman–Crippen LogP) is 2.73. The lowest BCUT2D eigenvalue weighted by atomic mass is 10.2. The molecule has 2 N–H and O–H groups in total. The Morgan fingerprint density at radius 2 is 1.82 bits per heavy atom. The SMILES string of the molecule is COc1cc(OC)c(C=Nn2c(-c3n[nH]c4c3CCC4)n[nH]c2=S)c(OC)c1. The Kier molecular flexibility index (Phi) is 4.86. The first-order chi connectivity index (χ1) is 13.7. The van der Waals surface area contributed by atoms with Gasteiger partial charge in [-0.1, -0.05) is 0 Å². The summed E-state index contributed by atoms with van der Waals surface area (Å²) >= 11 is 5.36. The van der Waals surface area contributed by atoms with Gasteiger partial charge in [0, 0.05) is 23.4 Å². The second-order valence-corrected chi connectivity index (χ2v) is 6.62. The van der Waals surface area contributed by atoms with Crippen LogP contribution >= 0.6 is 12.2 Å². The maximum Gasteiger partial charge on any atom is 0.216 e. The van der Waals surface area contributed by atoms with Crippen molar-refractivity contribution >= 4 is 18.4 Å². The zero-order valence-electron chi connectivity index (χ0n) is 15.8. The van der Waals surface area contributed by atoms with Crippen LogP contribution in [0.2, 0.25) is 0 Å². The highest BCUT2D eigenvalue weighted by Gasteiger charge is 2.23. The van der Waals surface area contributed by atoms with Gasteiger partial charge in [0.05, 0.1) is 33.1 Å². The molecular formula is C18H20N6O3S. The smallest absolute Gasteiger partial charge is 0.216 e. The lowest BCUT2D eigenvalue weighted by molar-refractivity contribution is 0.374. The van der Waals surface area contributed by atoms with Gasteiger partial charge in [-0.25, -0.2) is 5.10 Å². The van der Waals surface area contributed by atoms with Crippen LogP contribution < -0.4 is 14.2 Å². The van der Waals surface area contributed by atoms with Crippen LogP contribution in [-0.2, 0) is 12.8 Å². The third kappa shape index (κ3) is 3.05. The normalized spacial score (nSPS) is 13.1. The van der Waals surface area contributed by atoms with Gasteiger partial charge >= 0.3 is 0 Å². The van der Waals surface area contributed by atoms with Crippen LogP contribution in [0.4, 0.5) is 0 Å². The molecular weight excluding hydrogens is 380 g/mol. The van der Waals surface area contributed by atoms with E-state index < -0.39 is 0 Å². The Bertz CT molecular complexity index is 1070. The van der Waals surface area contributed by atoms with Crippen LogP contribution in [0.5, 0.6) is 17.2 Å². The number of methoxy groups -OCH3 is 3. The molecule has 0 fully saturated rings. The summed E-state index contributed by atoms with van der Waals surface area (Å²) in [5.41, 5.74) is 3.75. The number of aromatic amines is 2. The van der Waals surface area contributed by atoms with E-state index in [0.29, 0.717) is 33.4 Å². The molecule has 0 saturated heterocycles. The highest BCUT2D eigenvalue weighted by molar-refractivity contribution is 7.71. The first-order valence-corrected chi connectivity index (χ1v) is 9.15. The molecule has 1 aliphatic carbocycles. The van der Waals surface area contributed by atoms with Crippen LogP contribution in [0.1, 0.15) is 23.2 Å². The van der Waals surface area contributed by atoms with Crippen LogP contribution in [0.15, 0.2) is 17.2 Å². The van der Waals surface area contributed by atoms with E-state index in [9.17, 15) is 0 Å². The first-order valence-electron chi connectivity index (χ1n) is 8.74. The Morgan fingerprint density at radius 3 is 2.50 bits per heavy atom. The molecule has 146 valence electrons. The van der Waals surface area contributed by atoms with Crippen molar-refractivity contribution in [3.05, 3.63) is 33.7 Å².